The molecule has 0 bridgehead atoms. The fraction of sp³-hybridized carbons (Fsp3) is 0.240. The summed E-state index contributed by atoms with van der Waals surface area (Å²) in [5, 5.41) is 7.08. The van der Waals surface area contributed by atoms with E-state index in [1.807, 2.05) is 30.3 Å². The first-order valence-corrected chi connectivity index (χ1v) is 10.9. The number of aromatic nitrogens is 3. The molecule has 0 spiro atoms. The van der Waals surface area contributed by atoms with Crippen LogP contribution in [0.15, 0.2) is 54.9 Å². The van der Waals surface area contributed by atoms with Crippen molar-refractivity contribution in [1.82, 2.24) is 20.3 Å². The predicted octanol–water partition coefficient (Wildman–Crippen LogP) is 4.27. The van der Waals surface area contributed by atoms with Gasteiger partial charge in [-0.25, -0.2) is 14.4 Å². The Morgan fingerprint density at radius 1 is 1.21 bits per heavy atom. The number of methoxy groups -OCH3 is 1. The highest BCUT2D eigenvalue weighted by Gasteiger charge is 2.29. The van der Waals surface area contributed by atoms with Gasteiger partial charge in [-0.05, 0) is 42.5 Å². The molecule has 168 valence electrons. The first kappa shape index (κ1) is 20.9. The molecule has 8 heteroatoms. The molecule has 0 fully saturated rings. The fourth-order valence-corrected chi connectivity index (χ4v) is 4.39. The highest BCUT2D eigenvalue weighted by atomic mass is 19.1. The van der Waals surface area contributed by atoms with E-state index in [0.717, 1.165) is 35.0 Å². The lowest BCUT2D eigenvalue weighted by Gasteiger charge is -2.22. The molecule has 33 heavy (non-hydrogen) atoms. The maximum Gasteiger partial charge on any atom is 0.223 e. The maximum atomic E-state index is 13.9. The van der Waals surface area contributed by atoms with Crippen molar-refractivity contribution < 1.29 is 13.9 Å². The number of nitrogens with zero attached hydrogens (tertiary/aromatic N) is 2. The lowest BCUT2D eigenvalue weighted by molar-refractivity contribution is -0.125. The van der Waals surface area contributed by atoms with Gasteiger partial charge in [-0.2, -0.15) is 0 Å². The van der Waals surface area contributed by atoms with Gasteiger partial charge in [0, 0.05) is 24.2 Å². The van der Waals surface area contributed by atoms with E-state index in [-0.39, 0.29) is 17.6 Å². The first-order chi connectivity index (χ1) is 16.1. The van der Waals surface area contributed by atoms with Crippen molar-refractivity contribution >= 4 is 28.4 Å². The van der Waals surface area contributed by atoms with Crippen LogP contribution in [-0.4, -0.2) is 28.0 Å². The zero-order chi connectivity index (χ0) is 22.8. The van der Waals surface area contributed by atoms with Crippen LogP contribution < -0.4 is 15.4 Å². The standard InChI is InChI=1S/C25H24FN5O2/c1-33-21-10-8-17(26)12-20(21)31-24-22-18-11-16(7-9-19(18)30-23(22)28-14-29-24)25(32)27-13-15-5-3-2-4-6-15/h2-6,8,10,12,14,16H,7,9,11,13H2,1H3,(H,27,32)(H2,28,29,30,31)/t16-/m0/s1. The minimum Gasteiger partial charge on any atom is -0.495 e. The van der Waals surface area contributed by atoms with Gasteiger partial charge in [0.15, 0.2) is 0 Å². The van der Waals surface area contributed by atoms with Crippen molar-refractivity contribution in [3.8, 4) is 5.75 Å². The number of fused-ring (bicyclic) bond motifs is 3. The topological polar surface area (TPSA) is 91.9 Å². The van der Waals surface area contributed by atoms with Crippen LogP contribution in [0.1, 0.15) is 23.2 Å². The van der Waals surface area contributed by atoms with Crippen LogP contribution in [0, 0.1) is 11.7 Å². The molecule has 2 heterocycles. The third-order valence-corrected chi connectivity index (χ3v) is 6.07. The van der Waals surface area contributed by atoms with E-state index in [9.17, 15) is 9.18 Å². The monoisotopic (exact) mass is 445 g/mol. The molecule has 3 N–H and O–H groups in total. The Hall–Kier alpha value is -3.94. The van der Waals surface area contributed by atoms with Crippen LogP contribution in [0.4, 0.5) is 15.9 Å². The molecule has 0 aliphatic heterocycles. The normalized spacial score (nSPS) is 15.2. The summed E-state index contributed by atoms with van der Waals surface area (Å²) in [4.78, 5) is 25.1. The number of anilines is 2. The number of carbonyl (C=O) groups excluding carboxylic acids is 1. The molecule has 1 aliphatic rings. The SMILES string of the molecule is COc1ccc(F)cc1Nc1ncnc2[nH]c3c(c12)C[C@@H](C(=O)NCc1ccccc1)CC3. The smallest absolute Gasteiger partial charge is 0.223 e. The second-order valence-electron chi connectivity index (χ2n) is 8.14. The number of halogens is 1. The molecule has 1 amide bonds. The van der Waals surface area contributed by atoms with Gasteiger partial charge < -0.3 is 20.4 Å². The number of amides is 1. The van der Waals surface area contributed by atoms with Gasteiger partial charge in [0.2, 0.25) is 5.91 Å². The van der Waals surface area contributed by atoms with Crippen LogP contribution in [0.2, 0.25) is 0 Å². The van der Waals surface area contributed by atoms with Gasteiger partial charge in [-0.3, -0.25) is 4.79 Å². The van der Waals surface area contributed by atoms with Crippen molar-refractivity contribution in [1.29, 1.82) is 0 Å². The van der Waals surface area contributed by atoms with Gasteiger partial charge in [0.25, 0.3) is 0 Å². The van der Waals surface area contributed by atoms with Crippen LogP contribution in [0.5, 0.6) is 5.75 Å². The number of nitrogens with one attached hydrogen (secondary N) is 3. The summed E-state index contributed by atoms with van der Waals surface area (Å²) in [6, 6.07) is 14.1. The van der Waals surface area contributed by atoms with Crippen LogP contribution in [0.25, 0.3) is 11.0 Å². The number of aromatic amines is 1. The molecular weight excluding hydrogens is 421 g/mol. The Bertz CT molecular complexity index is 1310. The summed E-state index contributed by atoms with van der Waals surface area (Å²) < 4.78 is 19.2. The maximum absolute atomic E-state index is 13.9. The van der Waals surface area contributed by atoms with Crippen LogP contribution >= 0.6 is 0 Å². The minimum absolute atomic E-state index is 0.0389. The van der Waals surface area contributed by atoms with E-state index in [1.165, 1.54) is 25.6 Å². The van der Waals surface area contributed by atoms with Gasteiger partial charge in [-0.1, -0.05) is 30.3 Å². The van der Waals surface area contributed by atoms with E-state index in [2.05, 4.69) is 25.6 Å². The first-order valence-electron chi connectivity index (χ1n) is 10.9. The Kier molecular flexibility index (Phi) is 5.64. The van der Waals surface area contributed by atoms with Crippen molar-refractivity contribution in [3.05, 3.63) is 77.5 Å². The van der Waals surface area contributed by atoms with E-state index in [1.54, 1.807) is 6.07 Å². The van der Waals surface area contributed by atoms with Crippen molar-refractivity contribution in [3.63, 3.8) is 0 Å². The molecule has 5 rings (SSSR count). The molecule has 7 nitrogen and oxygen atoms in total. The fourth-order valence-electron chi connectivity index (χ4n) is 4.39. The third-order valence-electron chi connectivity index (χ3n) is 6.07. The average Bonchev–Trinajstić information content (AvgIpc) is 3.22. The number of H-pyrrole nitrogens is 1. The molecule has 1 atom stereocenters. The molecule has 0 unspecified atom stereocenters. The largest absolute Gasteiger partial charge is 0.495 e. The number of carbonyl (C=O) groups is 1. The Morgan fingerprint density at radius 3 is 2.88 bits per heavy atom. The Labute approximate surface area is 190 Å². The third kappa shape index (κ3) is 4.24. The zero-order valence-electron chi connectivity index (χ0n) is 18.2. The van der Waals surface area contributed by atoms with Gasteiger partial charge in [0.05, 0.1) is 18.2 Å². The van der Waals surface area contributed by atoms with Crippen LogP contribution in [-0.2, 0) is 24.2 Å². The number of hydrogen-bond acceptors (Lipinski definition) is 5. The van der Waals surface area contributed by atoms with E-state index in [0.29, 0.717) is 35.9 Å². The lowest BCUT2D eigenvalue weighted by Crippen LogP contribution is -2.33. The number of ether oxygens (including phenoxy) is 1. The summed E-state index contributed by atoms with van der Waals surface area (Å²) in [5.74, 6) is 0.571. The summed E-state index contributed by atoms with van der Waals surface area (Å²) in [5.41, 5.74) is 4.32. The van der Waals surface area contributed by atoms with Crippen molar-refractivity contribution in [2.75, 3.05) is 12.4 Å². The number of aryl methyl sites for hydroxylation is 1. The van der Waals surface area contributed by atoms with Gasteiger partial charge in [-0.15, -0.1) is 0 Å². The van der Waals surface area contributed by atoms with Gasteiger partial charge >= 0.3 is 0 Å². The van der Waals surface area contributed by atoms with E-state index >= 15 is 0 Å². The van der Waals surface area contributed by atoms with Crippen molar-refractivity contribution in [2.45, 2.75) is 25.8 Å². The lowest BCUT2D eigenvalue weighted by atomic mass is 9.86. The van der Waals surface area contributed by atoms with Crippen molar-refractivity contribution in [2.24, 2.45) is 5.92 Å². The second kappa shape index (κ2) is 8.90. The molecule has 0 saturated heterocycles. The quantitative estimate of drug-likeness (QED) is 0.412. The summed E-state index contributed by atoms with van der Waals surface area (Å²) >= 11 is 0. The second-order valence-corrected chi connectivity index (χ2v) is 8.14. The molecule has 0 radical (unpaired) electrons. The number of benzene rings is 2. The molecule has 2 aromatic heterocycles. The Morgan fingerprint density at radius 2 is 2.06 bits per heavy atom. The van der Waals surface area contributed by atoms with Crippen LogP contribution in [0.3, 0.4) is 0 Å². The summed E-state index contributed by atoms with van der Waals surface area (Å²) in [6.07, 6.45) is 3.55. The van der Waals surface area contributed by atoms with Gasteiger partial charge in [0.1, 0.15) is 29.4 Å². The molecule has 1 aliphatic carbocycles. The molecule has 0 saturated carbocycles. The minimum atomic E-state index is -0.380. The predicted molar refractivity (Wildman–Crippen MR) is 124 cm³/mol. The highest BCUT2D eigenvalue weighted by Crippen LogP contribution is 2.36. The summed E-state index contributed by atoms with van der Waals surface area (Å²) in [7, 11) is 1.53. The highest BCUT2D eigenvalue weighted by molar-refractivity contribution is 5.94. The Balaban J connectivity index is 1.41. The number of rotatable bonds is 6. The zero-order valence-corrected chi connectivity index (χ0v) is 18.2. The molecular formula is C25H24FN5O2. The average molecular weight is 445 g/mol. The number of hydrogen-bond donors (Lipinski definition) is 3. The molecule has 2 aromatic carbocycles. The van der Waals surface area contributed by atoms with E-state index < -0.39 is 0 Å². The summed E-state index contributed by atoms with van der Waals surface area (Å²) in [6.45, 7) is 0.506. The molecule has 4 aromatic rings. The van der Waals surface area contributed by atoms with E-state index in [4.69, 9.17) is 4.74 Å².